The molecule has 0 bridgehead atoms. The van der Waals surface area contributed by atoms with E-state index in [1.165, 1.54) is 5.39 Å². The Hall–Kier alpha value is -3.34. The van der Waals surface area contributed by atoms with Crippen molar-refractivity contribution in [3.05, 3.63) is 72.6 Å². The first kappa shape index (κ1) is 19.0. The molecule has 1 heterocycles. The number of unbranched alkanes of at least 4 members (excludes halogenated alkanes) is 1. The zero-order valence-corrected chi connectivity index (χ0v) is 16.6. The minimum Gasteiger partial charge on any atom is -0.486 e. The lowest BCUT2D eigenvalue weighted by Crippen LogP contribution is -2.29. The predicted molar refractivity (Wildman–Crippen MR) is 116 cm³/mol. The molecular formula is C24H25N3O2. The molecule has 0 radical (unpaired) electrons. The van der Waals surface area contributed by atoms with E-state index in [9.17, 15) is 4.79 Å². The van der Waals surface area contributed by atoms with Crippen molar-refractivity contribution in [3.8, 4) is 5.75 Å². The van der Waals surface area contributed by atoms with Gasteiger partial charge in [0.15, 0.2) is 0 Å². The number of nitrogens with zero attached hydrogens (tertiary/aromatic N) is 2. The maximum absolute atomic E-state index is 12.4. The number of rotatable bonds is 8. The van der Waals surface area contributed by atoms with Gasteiger partial charge in [-0.25, -0.2) is 4.98 Å². The summed E-state index contributed by atoms with van der Waals surface area (Å²) in [7, 11) is 0. The summed E-state index contributed by atoms with van der Waals surface area (Å²) in [4.78, 5) is 17.1. The molecule has 1 aromatic heterocycles. The molecule has 0 saturated heterocycles. The Balaban J connectivity index is 1.54. The molecule has 5 nitrogen and oxygen atoms in total. The third-order valence-electron chi connectivity index (χ3n) is 4.98. The van der Waals surface area contributed by atoms with Gasteiger partial charge in [-0.15, -0.1) is 0 Å². The van der Waals surface area contributed by atoms with Gasteiger partial charge in [-0.3, -0.25) is 4.79 Å². The van der Waals surface area contributed by atoms with Crippen molar-refractivity contribution in [2.75, 3.05) is 6.54 Å². The van der Waals surface area contributed by atoms with E-state index >= 15 is 0 Å². The van der Waals surface area contributed by atoms with Crippen molar-refractivity contribution < 1.29 is 9.53 Å². The maximum atomic E-state index is 12.4. The number of carbonyl (C=O) groups excluding carboxylic acids is 1. The summed E-state index contributed by atoms with van der Waals surface area (Å²) < 4.78 is 7.98. The molecule has 0 saturated carbocycles. The van der Waals surface area contributed by atoms with Crippen LogP contribution in [0.5, 0.6) is 5.75 Å². The highest BCUT2D eigenvalue weighted by molar-refractivity contribution is 5.84. The normalized spacial score (nSPS) is 11.1. The number of carbonyl (C=O) groups is 1. The molecule has 0 fully saturated rings. The fourth-order valence-corrected chi connectivity index (χ4v) is 3.42. The van der Waals surface area contributed by atoms with Crippen LogP contribution in [0, 0.1) is 0 Å². The summed E-state index contributed by atoms with van der Waals surface area (Å²) in [6.45, 7) is 3.35. The van der Waals surface area contributed by atoms with Crippen LogP contribution in [0.4, 0.5) is 0 Å². The van der Waals surface area contributed by atoms with E-state index in [2.05, 4.69) is 30.4 Å². The molecule has 3 aromatic carbocycles. The van der Waals surface area contributed by atoms with Crippen molar-refractivity contribution in [1.82, 2.24) is 14.9 Å². The lowest BCUT2D eigenvalue weighted by atomic mass is 10.1. The van der Waals surface area contributed by atoms with Gasteiger partial charge in [-0.2, -0.15) is 0 Å². The first-order valence-corrected chi connectivity index (χ1v) is 10.1. The van der Waals surface area contributed by atoms with E-state index in [0.29, 0.717) is 13.2 Å². The Morgan fingerprint density at radius 1 is 1.03 bits per heavy atom. The Kier molecular flexibility index (Phi) is 5.75. The number of amides is 1. The third kappa shape index (κ3) is 4.40. The molecule has 4 rings (SSSR count). The Bertz CT molecular complexity index is 1130. The third-order valence-corrected chi connectivity index (χ3v) is 4.98. The van der Waals surface area contributed by atoms with E-state index < -0.39 is 0 Å². The molecule has 0 spiro atoms. The lowest BCUT2D eigenvalue weighted by molar-refractivity contribution is -0.121. The van der Waals surface area contributed by atoms with Crippen LogP contribution >= 0.6 is 0 Å². The first-order chi connectivity index (χ1) is 14.2. The van der Waals surface area contributed by atoms with E-state index in [4.69, 9.17) is 9.72 Å². The van der Waals surface area contributed by atoms with Crippen LogP contribution in [0.25, 0.3) is 21.8 Å². The number of hydrogen-bond donors (Lipinski definition) is 1. The van der Waals surface area contributed by atoms with E-state index in [1.54, 1.807) is 0 Å². The van der Waals surface area contributed by atoms with Crippen molar-refractivity contribution in [2.24, 2.45) is 0 Å². The second-order valence-corrected chi connectivity index (χ2v) is 7.10. The van der Waals surface area contributed by atoms with E-state index in [-0.39, 0.29) is 12.5 Å². The summed E-state index contributed by atoms with van der Waals surface area (Å²) in [5.74, 6) is 1.52. The number of nitrogens with one attached hydrogen (secondary N) is 1. The molecule has 4 aromatic rings. The predicted octanol–water partition coefficient (Wildman–Crippen LogP) is 4.68. The van der Waals surface area contributed by atoms with Crippen LogP contribution < -0.4 is 10.1 Å². The summed E-state index contributed by atoms with van der Waals surface area (Å²) in [6, 6.07) is 22.1. The van der Waals surface area contributed by atoms with Crippen molar-refractivity contribution >= 4 is 27.7 Å². The summed E-state index contributed by atoms with van der Waals surface area (Å²) in [6.07, 6.45) is 2.04. The molecule has 0 atom stereocenters. The van der Waals surface area contributed by atoms with Crippen LogP contribution in [-0.4, -0.2) is 22.0 Å². The van der Waals surface area contributed by atoms with Crippen molar-refractivity contribution in [3.63, 3.8) is 0 Å². The molecule has 1 amide bonds. The molecule has 0 aliphatic rings. The van der Waals surface area contributed by atoms with Gasteiger partial charge in [0.25, 0.3) is 0 Å². The van der Waals surface area contributed by atoms with Crippen LogP contribution in [0.3, 0.4) is 0 Å². The number of para-hydroxylation sites is 2. The molecule has 29 heavy (non-hydrogen) atoms. The van der Waals surface area contributed by atoms with Crippen molar-refractivity contribution in [2.45, 2.75) is 32.9 Å². The van der Waals surface area contributed by atoms with E-state index in [1.807, 2.05) is 53.1 Å². The monoisotopic (exact) mass is 387 g/mol. The van der Waals surface area contributed by atoms with Gasteiger partial charge in [0, 0.05) is 6.54 Å². The van der Waals surface area contributed by atoms with E-state index in [0.717, 1.165) is 40.8 Å². The quantitative estimate of drug-likeness (QED) is 0.447. The number of imidazole rings is 1. The van der Waals surface area contributed by atoms with Crippen LogP contribution in [0.15, 0.2) is 66.7 Å². The van der Waals surface area contributed by atoms with Gasteiger partial charge >= 0.3 is 0 Å². The van der Waals surface area contributed by atoms with Crippen LogP contribution in [0.1, 0.15) is 25.6 Å². The number of fused-ring (bicyclic) bond motifs is 2. The average molecular weight is 387 g/mol. The smallest absolute Gasteiger partial charge is 0.240 e. The molecule has 0 aliphatic carbocycles. The van der Waals surface area contributed by atoms with Gasteiger partial charge in [0.2, 0.25) is 5.91 Å². The highest BCUT2D eigenvalue weighted by Gasteiger charge is 2.14. The number of aromatic nitrogens is 2. The minimum atomic E-state index is -0.00596. The number of hydrogen-bond acceptors (Lipinski definition) is 3. The molecule has 0 unspecified atom stereocenters. The number of benzene rings is 3. The van der Waals surface area contributed by atoms with Gasteiger partial charge in [-0.1, -0.05) is 55.8 Å². The fourth-order valence-electron chi connectivity index (χ4n) is 3.42. The Labute approximate surface area is 170 Å². The fraction of sp³-hybridized carbons (Fsp3) is 0.250. The topological polar surface area (TPSA) is 56.2 Å². The van der Waals surface area contributed by atoms with Crippen LogP contribution in [0.2, 0.25) is 0 Å². The zero-order valence-electron chi connectivity index (χ0n) is 16.6. The first-order valence-electron chi connectivity index (χ1n) is 10.1. The standard InChI is InChI=1S/C24H25N3O2/c1-2-3-14-25-24(28)16-27-22-11-7-6-10-21(22)26-23(27)17-29-20-13-12-18-8-4-5-9-19(18)15-20/h4-13,15H,2-3,14,16-17H2,1H3,(H,25,28). The van der Waals surface area contributed by atoms with Gasteiger partial charge in [0.05, 0.1) is 11.0 Å². The molecule has 1 N–H and O–H groups in total. The molecule has 0 aliphatic heterocycles. The van der Waals surface area contributed by atoms with Crippen molar-refractivity contribution in [1.29, 1.82) is 0 Å². The Morgan fingerprint density at radius 3 is 2.69 bits per heavy atom. The largest absolute Gasteiger partial charge is 0.486 e. The summed E-state index contributed by atoms with van der Waals surface area (Å²) >= 11 is 0. The van der Waals surface area contributed by atoms with Gasteiger partial charge in [0.1, 0.15) is 24.7 Å². The summed E-state index contributed by atoms with van der Waals surface area (Å²) in [5, 5.41) is 5.29. The second kappa shape index (κ2) is 8.78. The molecule has 5 heteroatoms. The minimum absolute atomic E-state index is 0.00596. The molecule has 148 valence electrons. The van der Waals surface area contributed by atoms with Gasteiger partial charge < -0.3 is 14.6 Å². The molecular weight excluding hydrogens is 362 g/mol. The highest BCUT2D eigenvalue weighted by Crippen LogP contribution is 2.22. The van der Waals surface area contributed by atoms with Crippen LogP contribution in [-0.2, 0) is 17.9 Å². The Morgan fingerprint density at radius 2 is 1.83 bits per heavy atom. The van der Waals surface area contributed by atoms with Gasteiger partial charge in [-0.05, 0) is 41.5 Å². The summed E-state index contributed by atoms with van der Waals surface area (Å²) in [5.41, 5.74) is 1.81. The second-order valence-electron chi connectivity index (χ2n) is 7.10. The zero-order chi connectivity index (χ0) is 20.1. The lowest BCUT2D eigenvalue weighted by Gasteiger charge is -2.11. The maximum Gasteiger partial charge on any atom is 0.240 e. The highest BCUT2D eigenvalue weighted by atomic mass is 16.5. The SMILES string of the molecule is CCCCNC(=O)Cn1c(COc2ccc3ccccc3c2)nc2ccccc21. The average Bonchev–Trinajstić information content (AvgIpc) is 3.09. The number of ether oxygens (including phenoxy) is 1.